The zero-order chi connectivity index (χ0) is 13.5. The largest absolute Gasteiger partial charge is 0.310 e. The first-order chi connectivity index (χ1) is 8.60. The molecule has 1 aromatic carbocycles. The number of nitrogens with one attached hydrogen (secondary N) is 1. The average molecular weight is 247 g/mol. The fraction of sp³-hybridized carbons (Fsp3) is 0.647. The maximum absolute atomic E-state index is 3.72. The van der Waals surface area contributed by atoms with E-state index in [0.29, 0.717) is 17.9 Å². The molecule has 1 aromatic rings. The van der Waals surface area contributed by atoms with Gasteiger partial charge >= 0.3 is 0 Å². The van der Waals surface area contributed by atoms with Crippen LogP contribution in [0.15, 0.2) is 24.3 Å². The van der Waals surface area contributed by atoms with Crippen molar-refractivity contribution in [3.8, 4) is 0 Å². The van der Waals surface area contributed by atoms with Crippen LogP contribution in [0.3, 0.4) is 0 Å². The third kappa shape index (κ3) is 4.13. The molecule has 18 heavy (non-hydrogen) atoms. The molecule has 0 aromatic heterocycles. The number of benzene rings is 1. The van der Waals surface area contributed by atoms with Gasteiger partial charge in [-0.2, -0.15) is 0 Å². The van der Waals surface area contributed by atoms with Crippen molar-refractivity contribution >= 4 is 0 Å². The second-order valence-electron chi connectivity index (χ2n) is 5.63. The Kier molecular flexibility index (Phi) is 6.42. The molecule has 0 fully saturated rings. The molecule has 1 heteroatoms. The Morgan fingerprint density at radius 1 is 1.11 bits per heavy atom. The normalized spacial score (nSPS) is 14.8. The highest BCUT2D eigenvalue weighted by Gasteiger charge is 2.21. The minimum Gasteiger partial charge on any atom is -0.310 e. The molecular weight excluding hydrogens is 218 g/mol. The van der Waals surface area contributed by atoms with E-state index in [-0.39, 0.29) is 0 Å². The van der Waals surface area contributed by atoms with Gasteiger partial charge in [0.1, 0.15) is 0 Å². The minimum atomic E-state index is 0.483. The van der Waals surface area contributed by atoms with E-state index in [1.54, 1.807) is 0 Å². The topological polar surface area (TPSA) is 12.0 Å². The first-order valence-corrected chi connectivity index (χ1v) is 7.42. The summed E-state index contributed by atoms with van der Waals surface area (Å²) in [5, 5.41) is 3.72. The van der Waals surface area contributed by atoms with E-state index in [2.05, 4.69) is 64.2 Å². The quantitative estimate of drug-likeness (QED) is 0.743. The SMILES string of the molecule is CCCNC(c1cccc(CC)c1)C(C)C(C)C. The van der Waals surface area contributed by atoms with Crippen molar-refractivity contribution in [3.05, 3.63) is 35.4 Å². The van der Waals surface area contributed by atoms with Gasteiger partial charge in [0, 0.05) is 6.04 Å². The van der Waals surface area contributed by atoms with Crippen molar-refractivity contribution in [2.45, 2.75) is 53.5 Å². The second kappa shape index (κ2) is 7.58. The van der Waals surface area contributed by atoms with Crippen LogP contribution in [0, 0.1) is 11.8 Å². The summed E-state index contributed by atoms with van der Waals surface area (Å²) in [6, 6.07) is 9.54. The fourth-order valence-electron chi connectivity index (χ4n) is 2.30. The molecular formula is C17H29N. The van der Waals surface area contributed by atoms with Crippen LogP contribution in [0.25, 0.3) is 0 Å². The number of aryl methyl sites for hydroxylation is 1. The first kappa shape index (κ1) is 15.2. The Balaban J connectivity index is 2.92. The fourth-order valence-corrected chi connectivity index (χ4v) is 2.30. The van der Waals surface area contributed by atoms with Crippen molar-refractivity contribution < 1.29 is 0 Å². The molecule has 2 unspecified atom stereocenters. The molecule has 0 aliphatic heterocycles. The van der Waals surface area contributed by atoms with Gasteiger partial charge in [0.2, 0.25) is 0 Å². The molecule has 102 valence electrons. The lowest BCUT2D eigenvalue weighted by Gasteiger charge is -2.29. The molecule has 0 saturated heterocycles. The van der Waals surface area contributed by atoms with Crippen molar-refractivity contribution in [1.29, 1.82) is 0 Å². The average Bonchev–Trinajstić information content (AvgIpc) is 2.39. The molecule has 0 radical (unpaired) electrons. The zero-order valence-corrected chi connectivity index (χ0v) is 12.7. The minimum absolute atomic E-state index is 0.483. The van der Waals surface area contributed by atoms with Gasteiger partial charge in [-0.3, -0.25) is 0 Å². The number of hydrogen-bond donors (Lipinski definition) is 1. The van der Waals surface area contributed by atoms with Crippen LogP contribution in [-0.4, -0.2) is 6.54 Å². The van der Waals surface area contributed by atoms with E-state index in [0.717, 1.165) is 13.0 Å². The molecule has 1 N–H and O–H groups in total. The van der Waals surface area contributed by atoms with Gasteiger partial charge < -0.3 is 5.32 Å². The Morgan fingerprint density at radius 2 is 1.83 bits per heavy atom. The van der Waals surface area contributed by atoms with Gasteiger partial charge in [-0.25, -0.2) is 0 Å². The Hall–Kier alpha value is -0.820. The molecule has 0 aliphatic rings. The molecule has 0 bridgehead atoms. The summed E-state index contributed by atoms with van der Waals surface area (Å²) < 4.78 is 0. The van der Waals surface area contributed by atoms with Crippen LogP contribution in [0.4, 0.5) is 0 Å². The first-order valence-electron chi connectivity index (χ1n) is 7.42. The highest BCUT2D eigenvalue weighted by atomic mass is 14.9. The molecule has 1 rings (SSSR count). The van der Waals surface area contributed by atoms with Crippen LogP contribution in [0.5, 0.6) is 0 Å². The van der Waals surface area contributed by atoms with Gasteiger partial charge in [0.15, 0.2) is 0 Å². The van der Waals surface area contributed by atoms with Gasteiger partial charge in [-0.15, -0.1) is 0 Å². The van der Waals surface area contributed by atoms with Crippen molar-refractivity contribution in [3.63, 3.8) is 0 Å². The van der Waals surface area contributed by atoms with E-state index < -0.39 is 0 Å². The zero-order valence-electron chi connectivity index (χ0n) is 12.7. The molecule has 1 nitrogen and oxygen atoms in total. The highest BCUT2D eigenvalue weighted by Crippen LogP contribution is 2.28. The molecule has 0 heterocycles. The Bertz CT molecular complexity index is 343. The van der Waals surface area contributed by atoms with Crippen molar-refractivity contribution in [2.24, 2.45) is 11.8 Å². The standard InChI is InChI=1S/C17H29N/c1-6-11-18-17(14(5)13(3)4)16-10-8-9-15(7-2)12-16/h8-10,12-14,17-18H,6-7,11H2,1-5H3. The summed E-state index contributed by atoms with van der Waals surface area (Å²) in [4.78, 5) is 0. The van der Waals surface area contributed by atoms with Crippen molar-refractivity contribution in [2.75, 3.05) is 6.54 Å². The summed E-state index contributed by atoms with van der Waals surface area (Å²) in [7, 11) is 0. The van der Waals surface area contributed by atoms with Crippen molar-refractivity contribution in [1.82, 2.24) is 5.32 Å². The summed E-state index contributed by atoms with van der Waals surface area (Å²) >= 11 is 0. The summed E-state index contributed by atoms with van der Waals surface area (Å²) in [5.41, 5.74) is 2.88. The van der Waals surface area contributed by atoms with E-state index in [9.17, 15) is 0 Å². The molecule has 0 spiro atoms. The van der Waals surface area contributed by atoms with Gasteiger partial charge in [0.05, 0.1) is 0 Å². The van der Waals surface area contributed by atoms with E-state index >= 15 is 0 Å². The van der Waals surface area contributed by atoms with Gasteiger partial charge in [-0.1, -0.05) is 58.9 Å². The van der Waals surface area contributed by atoms with Crippen LogP contribution in [0.2, 0.25) is 0 Å². The smallest absolute Gasteiger partial charge is 0.0348 e. The second-order valence-corrected chi connectivity index (χ2v) is 5.63. The molecule has 0 saturated carbocycles. The lowest BCUT2D eigenvalue weighted by molar-refractivity contribution is 0.303. The van der Waals surface area contributed by atoms with Gasteiger partial charge in [0.25, 0.3) is 0 Å². The van der Waals surface area contributed by atoms with Crippen LogP contribution in [-0.2, 0) is 6.42 Å². The summed E-state index contributed by atoms with van der Waals surface area (Å²) in [6.07, 6.45) is 2.30. The maximum atomic E-state index is 3.72. The Morgan fingerprint density at radius 3 is 2.39 bits per heavy atom. The monoisotopic (exact) mass is 247 g/mol. The van der Waals surface area contributed by atoms with Crippen LogP contribution < -0.4 is 5.32 Å². The van der Waals surface area contributed by atoms with E-state index in [4.69, 9.17) is 0 Å². The third-order valence-corrected chi connectivity index (χ3v) is 3.91. The van der Waals surface area contributed by atoms with E-state index in [1.165, 1.54) is 17.5 Å². The van der Waals surface area contributed by atoms with E-state index in [1.807, 2.05) is 0 Å². The lowest BCUT2D eigenvalue weighted by atomic mass is 9.85. The van der Waals surface area contributed by atoms with Crippen LogP contribution in [0.1, 0.15) is 58.2 Å². The Labute approximate surface area is 113 Å². The molecule has 0 amide bonds. The summed E-state index contributed by atoms with van der Waals surface area (Å²) in [5.74, 6) is 1.35. The number of hydrogen-bond acceptors (Lipinski definition) is 1. The van der Waals surface area contributed by atoms with Crippen LogP contribution >= 0.6 is 0 Å². The molecule has 0 aliphatic carbocycles. The van der Waals surface area contributed by atoms with Gasteiger partial charge in [-0.05, 0) is 42.3 Å². The lowest BCUT2D eigenvalue weighted by Crippen LogP contribution is -2.30. The predicted octanol–water partition coefficient (Wildman–Crippen LogP) is 4.58. The highest BCUT2D eigenvalue weighted by molar-refractivity contribution is 5.26. The predicted molar refractivity (Wildman–Crippen MR) is 80.9 cm³/mol. The summed E-state index contributed by atoms with van der Waals surface area (Å²) in [6.45, 7) is 12.5. The number of rotatable bonds is 7. The maximum Gasteiger partial charge on any atom is 0.0348 e. The molecule has 2 atom stereocenters. The third-order valence-electron chi connectivity index (χ3n) is 3.91.